The smallest absolute Gasteiger partial charge is 0.260 e. The summed E-state index contributed by atoms with van der Waals surface area (Å²) in [7, 11) is -3.77. The number of aryl methyl sites for hydroxylation is 2. The second-order valence-corrected chi connectivity index (χ2v) is 9.73. The Morgan fingerprint density at radius 3 is 2.29 bits per heavy atom. The fourth-order valence-corrected chi connectivity index (χ4v) is 5.07. The van der Waals surface area contributed by atoms with Crippen LogP contribution in [0.25, 0.3) is 0 Å². The van der Waals surface area contributed by atoms with E-state index in [-0.39, 0.29) is 11.1 Å². The van der Waals surface area contributed by atoms with E-state index in [1.807, 2.05) is 0 Å². The highest BCUT2D eigenvalue weighted by molar-refractivity contribution is 7.90. The highest BCUT2D eigenvalue weighted by Crippen LogP contribution is 2.39. The van der Waals surface area contributed by atoms with Crippen LogP contribution in [0.2, 0.25) is 0 Å². The average Bonchev–Trinajstić information content (AvgIpc) is 3.31. The maximum atomic E-state index is 13.3. The van der Waals surface area contributed by atoms with E-state index in [0.29, 0.717) is 0 Å². The molecule has 0 aliphatic heterocycles. The average molecular weight is 404 g/mol. The van der Waals surface area contributed by atoms with Crippen molar-refractivity contribution < 1.29 is 18.5 Å². The van der Waals surface area contributed by atoms with Crippen molar-refractivity contribution in [2.75, 3.05) is 5.32 Å². The number of rotatable bonds is 4. The number of fused-ring (bicyclic) bond motifs is 2. The minimum atomic E-state index is -3.77. The van der Waals surface area contributed by atoms with Crippen molar-refractivity contribution in [2.24, 2.45) is 5.14 Å². The number of amides is 1. The molecular weight excluding hydrogens is 378 g/mol. The van der Waals surface area contributed by atoms with Crippen LogP contribution in [0, 0.1) is 4.78 Å². The molecule has 7 nitrogen and oxygen atoms in total. The molecule has 5 N–H and O–H groups in total. The van der Waals surface area contributed by atoms with Crippen molar-refractivity contribution in [3.8, 4) is 0 Å². The number of aliphatic hydroxyl groups is 1. The number of nitrogens with two attached hydrogens (primary N) is 1. The largest absolute Gasteiger partial charge is 0.452 e. The van der Waals surface area contributed by atoms with Crippen molar-refractivity contribution >= 4 is 21.5 Å². The van der Waals surface area contributed by atoms with E-state index in [4.69, 9.17) is 14.3 Å². The third kappa shape index (κ3) is 3.15. The number of anilines is 1. The van der Waals surface area contributed by atoms with Crippen LogP contribution in [0.5, 0.6) is 0 Å². The predicted molar refractivity (Wildman–Crippen MR) is 106 cm³/mol. The van der Waals surface area contributed by atoms with Crippen molar-refractivity contribution in [3.05, 3.63) is 45.7 Å². The Labute approximate surface area is 164 Å². The summed E-state index contributed by atoms with van der Waals surface area (Å²) in [5.41, 5.74) is 4.32. The van der Waals surface area contributed by atoms with Crippen molar-refractivity contribution in [2.45, 2.75) is 63.1 Å². The first-order valence-corrected chi connectivity index (χ1v) is 11.1. The Kier molecular flexibility index (Phi) is 4.41. The molecule has 1 amide bonds. The molecule has 28 heavy (non-hydrogen) atoms. The molecule has 0 fully saturated rings. The molecule has 2 aliphatic rings. The number of hydrogen-bond acceptors (Lipinski definition) is 5. The van der Waals surface area contributed by atoms with Crippen LogP contribution in [0.15, 0.2) is 21.8 Å². The number of benzene rings is 1. The first-order chi connectivity index (χ1) is 13.1. The summed E-state index contributed by atoms with van der Waals surface area (Å²) in [5.74, 6) is -0.555. The Hall–Kier alpha value is -2.16. The van der Waals surface area contributed by atoms with Gasteiger partial charge in [-0.3, -0.25) is 4.79 Å². The highest BCUT2D eigenvalue weighted by atomic mass is 32.2. The predicted octanol–water partition coefficient (Wildman–Crippen LogP) is 3.02. The lowest BCUT2D eigenvalue weighted by Crippen LogP contribution is -2.25. The monoisotopic (exact) mass is 403 g/mol. The Bertz CT molecular complexity index is 1050. The van der Waals surface area contributed by atoms with Crippen LogP contribution in [0.3, 0.4) is 0 Å². The van der Waals surface area contributed by atoms with E-state index in [9.17, 15) is 14.1 Å². The molecule has 2 aromatic rings. The van der Waals surface area contributed by atoms with Crippen LogP contribution in [-0.4, -0.2) is 15.2 Å². The van der Waals surface area contributed by atoms with Crippen LogP contribution >= 0.6 is 0 Å². The Morgan fingerprint density at radius 1 is 1.21 bits per heavy atom. The molecule has 1 heterocycles. The van der Waals surface area contributed by atoms with Gasteiger partial charge >= 0.3 is 0 Å². The number of nitrogens with one attached hydrogen (secondary N) is 2. The van der Waals surface area contributed by atoms with E-state index < -0.39 is 26.5 Å². The Balaban J connectivity index is 1.82. The third-order valence-electron chi connectivity index (χ3n) is 5.63. The SMILES string of the molecule is CC(C)(O)c1coc(S(=N)(N)=O)c1C(=O)Nc1c2c(cc3c1CCC3)CCC2. The Morgan fingerprint density at radius 2 is 1.79 bits per heavy atom. The van der Waals surface area contributed by atoms with Gasteiger partial charge in [-0.2, -0.15) is 0 Å². The van der Waals surface area contributed by atoms with Gasteiger partial charge in [0.15, 0.2) is 9.92 Å². The van der Waals surface area contributed by atoms with E-state index in [2.05, 4.69) is 11.4 Å². The van der Waals surface area contributed by atoms with Gasteiger partial charge in [-0.15, -0.1) is 0 Å². The first kappa shape index (κ1) is 19.2. The minimum Gasteiger partial charge on any atom is -0.452 e. The van der Waals surface area contributed by atoms with Crippen molar-refractivity contribution in [1.82, 2.24) is 0 Å². The molecule has 0 spiro atoms. The summed E-state index contributed by atoms with van der Waals surface area (Å²) in [6.45, 7) is 3.00. The second kappa shape index (κ2) is 6.43. The van der Waals surface area contributed by atoms with Crippen molar-refractivity contribution in [1.29, 1.82) is 4.78 Å². The lowest BCUT2D eigenvalue weighted by molar-refractivity contribution is 0.0754. The second-order valence-electron chi connectivity index (χ2n) is 8.16. The lowest BCUT2D eigenvalue weighted by Gasteiger charge is -2.19. The topological polar surface area (TPSA) is 129 Å². The molecule has 1 aromatic heterocycles. The van der Waals surface area contributed by atoms with Gasteiger partial charge in [0.1, 0.15) is 5.56 Å². The molecular formula is C20H25N3O4S. The van der Waals surface area contributed by atoms with Gasteiger partial charge in [0.25, 0.3) is 5.91 Å². The zero-order valence-electron chi connectivity index (χ0n) is 16.1. The van der Waals surface area contributed by atoms with Crippen LogP contribution in [-0.2, 0) is 41.2 Å². The molecule has 2 aliphatic carbocycles. The third-order valence-corrected chi connectivity index (χ3v) is 6.48. The van der Waals surface area contributed by atoms with Crippen LogP contribution < -0.4 is 10.5 Å². The highest BCUT2D eigenvalue weighted by Gasteiger charge is 2.34. The summed E-state index contributed by atoms with van der Waals surface area (Å²) in [5, 5.41) is 18.5. The normalized spacial score (nSPS) is 17.9. The molecule has 4 rings (SSSR count). The molecule has 0 bridgehead atoms. The fourth-order valence-electron chi connectivity index (χ4n) is 4.37. The molecule has 8 heteroatoms. The summed E-state index contributed by atoms with van der Waals surface area (Å²) in [6, 6.07) is 2.27. The van der Waals surface area contributed by atoms with Gasteiger partial charge in [-0.05, 0) is 74.6 Å². The van der Waals surface area contributed by atoms with Gasteiger partial charge in [-0.25, -0.2) is 14.1 Å². The number of furan rings is 1. The van der Waals surface area contributed by atoms with Crippen molar-refractivity contribution in [3.63, 3.8) is 0 Å². The number of carbonyl (C=O) groups excluding carboxylic acids is 1. The zero-order chi connectivity index (χ0) is 20.3. The van der Waals surface area contributed by atoms with E-state index in [1.54, 1.807) is 0 Å². The van der Waals surface area contributed by atoms with Gasteiger partial charge in [0.2, 0.25) is 5.09 Å². The summed E-state index contributed by atoms with van der Waals surface area (Å²) < 4.78 is 25.1. The standard InChI is InChI=1S/C20H25N3O4S/c1-20(2,25)15-10-27-19(28(21,22)26)16(15)18(24)23-17-13-7-3-5-11(13)9-12-6-4-8-14(12)17/h9-10,25H,3-8H2,1-2H3,(H,23,24)(H3,21,22,26). The molecule has 1 aromatic carbocycles. The molecule has 1 atom stereocenters. The summed E-state index contributed by atoms with van der Waals surface area (Å²) in [4.78, 5) is 13.3. The number of carbonyl (C=O) groups is 1. The van der Waals surface area contributed by atoms with Crippen LogP contribution in [0.4, 0.5) is 5.69 Å². The summed E-state index contributed by atoms with van der Waals surface area (Å²) in [6.07, 6.45) is 7.07. The van der Waals surface area contributed by atoms with Gasteiger partial charge < -0.3 is 14.8 Å². The van der Waals surface area contributed by atoms with Gasteiger partial charge in [0, 0.05) is 11.3 Å². The molecule has 0 saturated heterocycles. The summed E-state index contributed by atoms with van der Waals surface area (Å²) >= 11 is 0. The lowest BCUT2D eigenvalue weighted by atomic mass is 9.96. The fraction of sp³-hybridized carbons (Fsp3) is 0.450. The first-order valence-electron chi connectivity index (χ1n) is 9.46. The number of hydrogen-bond donors (Lipinski definition) is 4. The maximum absolute atomic E-state index is 13.3. The van der Waals surface area contributed by atoms with E-state index in [1.165, 1.54) is 25.0 Å². The quantitative estimate of drug-likeness (QED) is 0.625. The van der Waals surface area contributed by atoms with Gasteiger partial charge in [-0.1, -0.05) is 6.07 Å². The minimum absolute atomic E-state index is 0.114. The maximum Gasteiger partial charge on any atom is 0.260 e. The van der Waals surface area contributed by atoms with Crippen LogP contribution in [0.1, 0.15) is 64.9 Å². The molecule has 0 saturated carbocycles. The zero-order valence-corrected chi connectivity index (χ0v) is 16.9. The van der Waals surface area contributed by atoms with E-state index in [0.717, 1.165) is 61.6 Å². The van der Waals surface area contributed by atoms with E-state index >= 15 is 0 Å². The molecule has 0 radical (unpaired) electrons. The van der Waals surface area contributed by atoms with Gasteiger partial charge in [0.05, 0.1) is 11.9 Å². The molecule has 1 unspecified atom stereocenters. The molecule has 150 valence electrons.